The lowest BCUT2D eigenvalue weighted by Gasteiger charge is -2.38. The van der Waals surface area contributed by atoms with Gasteiger partial charge in [-0.2, -0.15) is 0 Å². The summed E-state index contributed by atoms with van der Waals surface area (Å²) in [5.41, 5.74) is 2.41. The summed E-state index contributed by atoms with van der Waals surface area (Å²) >= 11 is 0. The van der Waals surface area contributed by atoms with Gasteiger partial charge in [-0.25, -0.2) is 0 Å². The molecule has 0 aromatic heterocycles. The summed E-state index contributed by atoms with van der Waals surface area (Å²) in [6.45, 7) is 1.27. The minimum absolute atomic E-state index is 0.0186. The zero-order chi connectivity index (χ0) is 17.5. The largest absolute Gasteiger partial charge is 0.356 e. The number of likely N-dealkylation sites (tertiary alicyclic amines) is 1. The van der Waals surface area contributed by atoms with Crippen LogP contribution in [-0.4, -0.2) is 29.8 Å². The molecule has 0 spiro atoms. The van der Waals surface area contributed by atoms with Crippen molar-refractivity contribution in [2.45, 2.75) is 51.4 Å². The molecular weight excluding hydrogens is 312 g/mol. The minimum Gasteiger partial charge on any atom is -0.356 e. The average molecular weight is 340 g/mol. The third-order valence-corrected chi connectivity index (χ3v) is 5.22. The van der Waals surface area contributed by atoms with Crippen LogP contribution in [0.15, 0.2) is 42.1 Å². The van der Waals surface area contributed by atoms with E-state index in [4.69, 9.17) is 0 Å². The van der Waals surface area contributed by atoms with Gasteiger partial charge in [0.25, 0.3) is 0 Å². The van der Waals surface area contributed by atoms with E-state index in [9.17, 15) is 9.59 Å². The fourth-order valence-corrected chi connectivity index (χ4v) is 3.88. The monoisotopic (exact) mass is 340 g/mol. The number of fused-ring (bicyclic) bond motifs is 1. The highest BCUT2D eigenvalue weighted by atomic mass is 16.2. The summed E-state index contributed by atoms with van der Waals surface area (Å²) in [5, 5.41) is 2.89. The number of benzene rings is 1. The fraction of sp³-hybridized carbons (Fsp3) is 0.524. The molecule has 1 aliphatic carbocycles. The molecule has 25 heavy (non-hydrogen) atoms. The molecule has 2 amide bonds. The van der Waals surface area contributed by atoms with Crippen LogP contribution in [-0.2, 0) is 16.0 Å². The van der Waals surface area contributed by atoms with Crippen LogP contribution in [0, 0.1) is 5.92 Å². The van der Waals surface area contributed by atoms with Gasteiger partial charge in [0.05, 0.1) is 0 Å². The van der Waals surface area contributed by atoms with Gasteiger partial charge in [-0.15, -0.1) is 0 Å². The molecule has 134 valence electrons. The Hall–Kier alpha value is -2.10. The molecule has 1 saturated heterocycles. The lowest BCUT2D eigenvalue weighted by molar-refractivity contribution is -0.130. The Kier molecular flexibility index (Phi) is 6.26. The highest BCUT2D eigenvalue weighted by Gasteiger charge is 2.29. The first kappa shape index (κ1) is 17.7. The van der Waals surface area contributed by atoms with Crippen LogP contribution in [0.5, 0.6) is 0 Å². The van der Waals surface area contributed by atoms with E-state index in [-0.39, 0.29) is 11.8 Å². The zero-order valence-electron chi connectivity index (χ0n) is 14.9. The average Bonchev–Trinajstić information content (AvgIpc) is 2.66. The number of allylic oxidation sites excluding steroid dienone is 2. The van der Waals surface area contributed by atoms with Crippen LogP contribution >= 0.6 is 0 Å². The van der Waals surface area contributed by atoms with Crippen molar-refractivity contribution in [3.05, 3.63) is 47.7 Å². The van der Waals surface area contributed by atoms with E-state index in [1.165, 1.54) is 25.0 Å². The number of carbonyl (C=O) groups is 2. The minimum atomic E-state index is 0.0186. The van der Waals surface area contributed by atoms with E-state index in [2.05, 4.69) is 11.4 Å². The Balaban J connectivity index is 1.40. The summed E-state index contributed by atoms with van der Waals surface area (Å²) in [6, 6.07) is 10.0. The highest BCUT2D eigenvalue weighted by molar-refractivity contribution is 5.80. The first-order valence-corrected chi connectivity index (χ1v) is 9.55. The Bertz CT molecular complexity index is 624. The predicted molar refractivity (Wildman–Crippen MR) is 98.8 cm³/mol. The molecule has 4 nitrogen and oxygen atoms in total. The molecule has 1 aromatic carbocycles. The number of hydrogen-bond acceptors (Lipinski definition) is 2. The van der Waals surface area contributed by atoms with Crippen molar-refractivity contribution >= 4 is 11.8 Å². The van der Waals surface area contributed by atoms with Crippen molar-refractivity contribution in [2.24, 2.45) is 5.92 Å². The van der Waals surface area contributed by atoms with Crippen LogP contribution in [0.2, 0.25) is 0 Å². The Morgan fingerprint density at radius 1 is 1.08 bits per heavy atom. The molecule has 1 atom stereocenters. The van der Waals surface area contributed by atoms with Crippen LogP contribution < -0.4 is 5.32 Å². The van der Waals surface area contributed by atoms with Gasteiger partial charge in [0.15, 0.2) is 0 Å². The van der Waals surface area contributed by atoms with Gasteiger partial charge in [-0.1, -0.05) is 36.4 Å². The fourth-order valence-electron chi connectivity index (χ4n) is 3.88. The van der Waals surface area contributed by atoms with Gasteiger partial charge in [0, 0.05) is 31.6 Å². The standard InChI is InChI=1S/C21H28N2O2/c24-20(13-12-17-7-2-1-3-8-17)22-15-14-21(25)23-16-6-10-18-9-4-5-11-19(18)23/h1-3,7-8,11,18H,4-6,9-10,12-16H2,(H,22,24). The van der Waals surface area contributed by atoms with Crippen molar-refractivity contribution in [3.8, 4) is 0 Å². The number of rotatable bonds is 6. The van der Waals surface area contributed by atoms with Gasteiger partial charge >= 0.3 is 0 Å². The zero-order valence-corrected chi connectivity index (χ0v) is 14.9. The lowest BCUT2D eigenvalue weighted by atomic mass is 9.85. The van der Waals surface area contributed by atoms with Crippen LogP contribution in [0.25, 0.3) is 0 Å². The topological polar surface area (TPSA) is 49.4 Å². The molecule has 0 bridgehead atoms. The van der Waals surface area contributed by atoms with Gasteiger partial charge in [0.1, 0.15) is 0 Å². The third-order valence-electron chi connectivity index (χ3n) is 5.22. The summed E-state index contributed by atoms with van der Waals surface area (Å²) in [7, 11) is 0. The number of hydrogen-bond donors (Lipinski definition) is 1. The number of amides is 2. The molecule has 0 radical (unpaired) electrons. The molecular formula is C21H28N2O2. The number of carbonyl (C=O) groups excluding carboxylic acids is 2. The van der Waals surface area contributed by atoms with E-state index in [1.807, 2.05) is 35.2 Å². The van der Waals surface area contributed by atoms with E-state index < -0.39 is 0 Å². The van der Waals surface area contributed by atoms with Gasteiger partial charge in [-0.3, -0.25) is 9.59 Å². The van der Waals surface area contributed by atoms with E-state index >= 15 is 0 Å². The summed E-state index contributed by atoms with van der Waals surface area (Å²) in [4.78, 5) is 26.5. The first-order chi connectivity index (χ1) is 12.2. The quantitative estimate of drug-likeness (QED) is 0.862. The predicted octanol–water partition coefficient (Wildman–Crippen LogP) is 3.43. The van der Waals surface area contributed by atoms with E-state index in [1.54, 1.807) is 0 Å². The maximum atomic E-state index is 12.5. The van der Waals surface area contributed by atoms with Crippen LogP contribution in [0.4, 0.5) is 0 Å². The summed E-state index contributed by atoms with van der Waals surface area (Å²) in [5.74, 6) is 0.748. The van der Waals surface area contributed by atoms with Gasteiger partial charge in [0.2, 0.25) is 11.8 Å². The Morgan fingerprint density at radius 2 is 1.88 bits per heavy atom. The highest BCUT2D eigenvalue weighted by Crippen LogP contribution is 2.35. The van der Waals surface area contributed by atoms with Crippen LogP contribution in [0.3, 0.4) is 0 Å². The third kappa shape index (κ3) is 4.94. The molecule has 2 aliphatic rings. The van der Waals surface area contributed by atoms with Crippen molar-refractivity contribution in [1.82, 2.24) is 10.2 Å². The molecule has 0 saturated carbocycles. The summed E-state index contributed by atoms with van der Waals surface area (Å²) < 4.78 is 0. The SMILES string of the molecule is O=C(CCc1ccccc1)NCCC(=O)N1CCCC2CCCC=C21. The molecule has 3 rings (SSSR count). The normalized spacial score (nSPS) is 19.8. The molecule has 1 N–H and O–H groups in total. The van der Waals surface area contributed by atoms with Gasteiger partial charge < -0.3 is 10.2 Å². The number of nitrogens with zero attached hydrogens (tertiary/aromatic N) is 1. The molecule has 4 heteroatoms. The van der Waals surface area contributed by atoms with Gasteiger partial charge in [-0.05, 0) is 50.0 Å². The Labute approximate surface area is 150 Å². The van der Waals surface area contributed by atoms with Crippen molar-refractivity contribution < 1.29 is 9.59 Å². The van der Waals surface area contributed by atoms with Crippen molar-refractivity contribution in [3.63, 3.8) is 0 Å². The second-order valence-electron chi connectivity index (χ2n) is 7.03. The number of nitrogens with one attached hydrogen (secondary N) is 1. The lowest BCUT2D eigenvalue weighted by Crippen LogP contribution is -2.40. The first-order valence-electron chi connectivity index (χ1n) is 9.55. The molecule has 1 unspecified atom stereocenters. The molecule has 1 aliphatic heterocycles. The van der Waals surface area contributed by atoms with Crippen molar-refractivity contribution in [2.75, 3.05) is 13.1 Å². The molecule has 1 aromatic rings. The smallest absolute Gasteiger partial charge is 0.228 e. The second kappa shape index (κ2) is 8.84. The molecule has 1 fully saturated rings. The Morgan fingerprint density at radius 3 is 2.72 bits per heavy atom. The summed E-state index contributed by atoms with van der Waals surface area (Å²) in [6.07, 6.45) is 9.70. The van der Waals surface area contributed by atoms with E-state index in [0.29, 0.717) is 25.3 Å². The molecule has 1 heterocycles. The maximum Gasteiger partial charge on any atom is 0.228 e. The number of aryl methyl sites for hydroxylation is 1. The second-order valence-corrected chi connectivity index (χ2v) is 7.03. The maximum absolute atomic E-state index is 12.5. The van der Waals surface area contributed by atoms with Crippen molar-refractivity contribution in [1.29, 1.82) is 0 Å². The van der Waals surface area contributed by atoms with Crippen LogP contribution in [0.1, 0.15) is 50.5 Å². The number of piperidine rings is 1. The van der Waals surface area contributed by atoms with E-state index in [0.717, 1.165) is 31.4 Å².